The number of rotatable bonds is 1. The Balaban J connectivity index is 2.63. The smallest absolute Gasteiger partial charge is 0.200 e. The monoisotopic (exact) mass is 269 g/mol. The summed E-state index contributed by atoms with van der Waals surface area (Å²) in [6.07, 6.45) is 1.56. The first-order valence-corrected chi connectivity index (χ1v) is 5.11. The Hall–Kier alpha value is -1.36. The molecule has 0 unspecified atom stereocenters. The maximum absolute atomic E-state index is 13.5. The van der Waals surface area contributed by atoms with E-state index in [1.54, 1.807) is 29.9 Å². The summed E-state index contributed by atoms with van der Waals surface area (Å²) in [4.78, 5) is 3.92. The molecule has 1 aromatic heterocycles. The summed E-state index contributed by atoms with van der Waals surface area (Å²) in [5.41, 5.74) is 6.72. The molecule has 3 nitrogen and oxygen atoms in total. The first-order valence-electron chi connectivity index (χ1n) is 4.32. The van der Waals surface area contributed by atoms with Gasteiger partial charge in [-0.25, -0.2) is 9.37 Å². The fraction of sp³-hybridized carbons (Fsp3) is 0.100. The Morgan fingerprint density at radius 2 is 2.20 bits per heavy atom. The second-order valence-corrected chi connectivity index (χ2v) is 4.10. The van der Waals surface area contributed by atoms with Gasteiger partial charge in [0.05, 0.1) is 11.9 Å². The third-order valence-corrected chi connectivity index (χ3v) is 2.72. The molecule has 0 saturated carbocycles. The van der Waals surface area contributed by atoms with Crippen molar-refractivity contribution in [3.8, 4) is 11.3 Å². The number of nitrogens with zero attached hydrogens (tertiary/aromatic N) is 2. The predicted octanol–water partition coefficient (Wildman–Crippen LogP) is 2.57. The van der Waals surface area contributed by atoms with Gasteiger partial charge in [0.15, 0.2) is 5.95 Å². The second kappa shape index (κ2) is 3.66. The lowest BCUT2D eigenvalue weighted by Gasteiger charge is -2.05. The van der Waals surface area contributed by atoms with E-state index in [-0.39, 0.29) is 5.82 Å². The van der Waals surface area contributed by atoms with E-state index in [2.05, 4.69) is 20.9 Å². The molecule has 0 aliphatic heterocycles. The number of imidazole rings is 1. The molecule has 1 heterocycles. The van der Waals surface area contributed by atoms with E-state index >= 15 is 0 Å². The van der Waals surface area contributed by atoms with Crippen molar-refractivity contribution >= 4 is 21.9 Å². The van der Waals surface area contributed by atoms with Gasteiger partial charge in [-0.2, -0.15) is 0 Å². The largest absolute Gasteiger partial charge is 0.369 e. The molecule has 0 aliphatic rings. The lowest BCUT2D eigenvalue weighted by molar-refractivity contribution is 0.629. The predicted molar refractivity (Wildman–Crippen MR) is 60.7 cm³/mol. The van der Waals surface area contributed by atoms with Crippen molar-refractivity contribution in [2.24, 2.45) is 7.05 Å². The molecule has 15 heavy (non-hydrogen) atoms. The number of halogens is 2. The average Bonchev–Trinajstić information content (AvgIpc) is 2.52. The van der Waals surface area contributed by atoms with Crippen LogP contribution in [-0.4, -0.2) is 9.55 Å². The minimum Gasteiger partial charge on any atom is -0.369 e. The maximum Gasteiger partial charge on any atom is 0.200 e. The van der Waals surface area contributed by atoms with E-state index in [1.807, 2.05) is 0 Å². The number of hydrogen-bond donors (Lipinski definition) is 1. The summed E-state index contributed by atoms with van der Waals surface area (Å²) in [6.45, 7) is 0. The van der Waals surface area contributed by atoms with Crippen molar-refractivity contribution in [2.75, 3.05) is 5.73 Å². The van der Waals surface area contributed by atoms with Crippen LogP contribution in [0.25, 0.3) is 11.3 Å². The fourth-order valence-electron chi connectivity index (χ4n) is 1.37. The molecule has 1 aromatic carbocycles. The van der Waals surface area contributed by atoms with Crippen molar-refractivity contribution < 1.29 is 4.39 Å². The lowest BCUT2D eigenvalue weighted by Crippen LogP contribution is -1.99. The standard InChI is InChI=1S/C10H9BrFN3/c1-15-9(5-14-10(15)13)7-4-6(11)2-3-8(7)12/h2-5H,1H3,(H2,13,14). The van der Waals surface area contributed by atoms with Gasteiger partial charge in [0.2, 0.25) is 0 Å². The Labute approximate surface area is 94.9 Å². The van der Waals surface area contributed by atoms with Crippen LogP contribution in [0.5, 0.6) is 0 Å². The summed E-state index contributed by atoms with van der Waals surface area (Å²) in [5, 5.41) is 0. The molecule has 78 valence electrons. The van der Waals surface area contributed by atoms with Crippen molar-refractivity contribution in [3.63, 3.8) is 0 Å². The highest BCUT2D eigenvalue weighted by Gasteiger charge is 2.10. The normalized spacial score (nSPS) is 10.6. The van der Waals surface area contributed by atoms with Crippen LogP contribution in [-0.2, 0) is 7.05 Å². The van der Waals surface area contributed by atoms with Crippen LogP contribution < -0.4 is 5.73 Å². The topological polar surface area (TPSA) is 43.8 Å². The summed E-state index contributed by atoms with van der Waals surface area (Å²) in [5.74, 6) is 0.0746. The zero-order chi connectivity index (χ0) is 11.0. The number of nitrogens with two attached hydrogens (primary N) is 1. The summed E-state index contributed by atoms with van der Waals surface area (Å²) in [7, 11) is 1.75. The summed E-state index contributed by atoms with van der Waals surface area (Å²) >= 11 is 3.30. The van der Waals surface area contributed by atoms with Gasteiger partial charge < -0.3 is 10.3 Å². The van der Waals surface area contributed by atoms with E-state index in [0.29, 0.717) is 17.2 Å². The molecule has 0 radical (unpaired) electrons. The fourth-order valence-corrected chi connectivity index (χ4v) is 1.73. The van der Waals surface area contributed by atoms with Gasteiger partial charge in [0, 0.05) is 17.1 Å². The Morgan fingerprint density at radius 1 is 1.47 bits per heavy atom. The molecule has 0 saturated heterocycles. The molecule has 0 bridgehead atoms. The van der Waals surface area contributed by atoms with Crippen LogP contribution in [0.1, 0.15) is 0 Å². The lowest BCUT2D eigenvalue weighted by atomic mass is 10.1. The number of aromatic nitrogens is 2. The van der Waals surface area contributed by atoms with E-state index in [0.717, 1.165) is 4.47 Å². The Kier molecular flexibility index (Phi) is 2.48. The average molecular weight is 270 g/mol. The molecule has 0 fully saturated rings. The summed E-state index contributed by atoms with van der Waals surface area (Å²) in [6, 6.07) is 4.76. The highest BCUT2D eigenvalue weighted by Crippen LogP contribution is 2.26. The molecule has 2 rings (SSSR count). The Morgan fingerprint density at radius 3 is 2.80 bits per heavy atom. The van der Waals surface area contributed by atoms with Gasteiger partial charge in [0.25, 0.3) is 0 Å². The number of nitrogen functional groups attached to an aromatic ring is 1. The first-order chi connectivity index (χ1) is 7.09. The highest BCUT2D eigenvalue weighted by molar-refractivity contribution is 9.10. The molecule has 0 atom stereocenters. The number of anilines is 1. The molecule has 5 heteroatoms. The molecule has 0 spiro atoms. The Bertz CT molecular complexity index is 507. The minimum atomic E-state index is -0.291. The van der Waals surface area contributed by atoms with E-state index in [4.69, 9.17) is 5.73 Å². The van der Waals surface area contributed by atoms with Gasteiger partial charge in [-0.05, 0) is 18.2 Å². The van der Waals surface area contributed by atoms with Gasteiger partial charge in [0.1, 0.15) is 5.82 Å². The summed E-state index contributed by atoms with van der Waals surface area (Å²) < 4.78 is 16.0. The van der Waals surface area contributed by atoms with Gasteiger partial charge in [-0.3, -0.25) is 0 Å². The van der Waals surface area contributed by atoms with Gasteiger partial charge in [-0.1, -0.05) is 15.9 Å². The van der Waals surface area contributed by atoms with Crippen LogP contribution >= 0.6 is 15.9 Å². The molecule has 2 aromatic rings. The van der Waals surface area contributed by atoms with Gasteiger partial charge in [-0.15, -0.1) is 0 Å². The first kappa shape index (κ1) is 10.2. The molecular formula is C10H9BrFN3. The quantitative estimate of drug-likeness (QED) is 0.865. The zero-order valence-corrected chi connectivity index (χ0v) is 9.62. The minimum absolute atomic E-state index is 0.291. The molecular weight excluding hydrogens is 261 g/mol. The van der Waals surface area contributed by atoms with E-state index in [1.165, 1.54) is 6.07 Å². The maximum atomic E-state index is 13.5. The van der Waals surface area contributed by atoms with E-state index < -0.39 is 0 Å². The van der Waals surface area contributed by atoms with Crippen LogP contribution in [0, 0.1) is 5.82 Å². The van der Waals surface area contributed by atoms with Crippen molar-refractivity contribution in [3.05, 3.63) is 34.7 Å². The van der Waals surface area contributed by atoms with Crippen LogP contribution in [0.3, 0.4) is 0 Å². The van der Waals surface area contributed by atoms with Gasteiger partial charge >= 0.3 is 0 Å². The van der Waals surface area contributed by atoms with E-state index in [9.17, 15) is 4.39 Å². The van der Waals surface area contributed by atoms with Crippen LogP contribution in [0.15, 0.2) is 28.9 Å². The SMILES string of the molecule is Cn1c(-c2cc(Br)ccc2F)cnc1N. The van der Waals surface area contributed by atoms with Crippen LogP contribution in [0.4, 0.5) is 10.3 Å². The number of benzene rings is 1. The number of hydrogen-bond acceptors (Lipinski definition) is 2. The molecule has 2 N–H and O–H groups in total. The highest BCUT2D eigenvalue weighted by atomic mass is 79.9. The van der Waals surface area contributed by atoms with Crippen LogP contribution in [0.2, 0.25) is 0 Å². The van der Waals surface area contributed by atoms with Crippen molar-refractivity contribution in [1.29, 1.82) is 0 Å². The third-order valence-electron chi connectivity index (χ3n) is 2.23. The molecule has 0 amide bonds. The van der Waals surface area contributed by atoms with Crippen molar-refractivity contribution in [1.82, 2.24) is 9.55 Å². The van der Waals surface area contributed by atoms with Crippen molar-refractivity contribution in [2.45, 2.75) is 0 Å². The zero-order valence-electron chi connectivity index (χ0n) is 8.04. The second-order valence-electron chi connectivity index (χ2n) is 3.18. The third kappa shape index (κ3) is 1.74. The molecule has 0 aliphatic carbocycles.